The zero-order chi connectivity index (χ0) is 23.3. The van der Waals surface area contributed by atoms with Gasteiger partial charge >= 0.3 is 6.18 Å². The molecular weight excluding hydrogens is 435 g/mol. The molecule has 2 amide bonds. The van der Waals surface area contributed by atoms with E-state index in [0.717, 1.165) is 12.1 Å². The maximum absolute atomic E-state index is 13.5. The van der Waals surface area contributed by atoms with Crippen LogP contribution in [0.4, 0.5) is 13.2 Å². The zero-order valence-electron chi connectivity index (χ0n) is 17.8. The Bertz CT molecular complexity index is 1080. The van der Waals surface area contributed by atoms with Gasteiger partial charge in [0.2, 0.25) is 5.91 Å². The molecule has 1 aromatic carbocycles. The van der Waals surface area contributed by atoms with Crippen molar-refractivity contribution in [2.45, 2.75) is 50.0 Å². The van der Waals surface area contributed by atoms with E-state index >= 15 is 0 Å². The first-order valence-corrected chi connectivity index (χ1v) is 11.2. The number of nitrogens with zero attached hydrogens (tertiary/aromatic N) is 3. The molecule has 1 N–H and O–H groups in total. The van der Waals surface area contributed by atoms with Crippen LogP contribution in [0.1, 0.15) is 41.6 Å². The van der Waals surface area contributed by atoms with Gasteiger partial charge in [-0.25, -0.2) is 0 Å². The topological polar surface area (TPSA) is 73.7 Å². The van der Waals surface area contributed by atoms with Crippen LogP contribution in [0.15, 0.2) is 42.6 Å². The van der Waals surface area contributed by atoms with Crippen LogP contribution in [0, 0.1) is 5.92 Å². The van der Waals surface area contributed by atoms with E-state index in [2.05, 4.69) is 4.98 Å². The van der Waals surface area contributed by atoms with E-state index in [1.54, 1.807) is 17.0 Å². The molecule has 5 rings (SSSR count). The third-order valence-electron chi connectivity index (χ3n) is 7.08. The molecule has 0 bridgehead atoms. The molecule has 6 nitrogen and oxygen atoms in total. The van der Waals surface area contributed by atoms with Gasteiger partial charge in [-0.15, -0.1) is 0 Å². The van der Waals surface area contributed by atoms with Gasteiger partial charge in [0, 0.05) is 30.8 Å². The van der Waals surface area contributed by atoms with Crippen LogP contribution < -0.4 is 0 Å². The number of rotatable bonds is 3. The summed E-state index contributed by atoms with van der Waals surface area (Å²) in [7, 11) is 0. The van der Waals surface area contributed by atoms with Crippen molar-refractivity contribution in [3.63, 3.8) is 0 Å². The first kappa shape index (κ1) is 21.9. The van der Waals surface area contributed by atoms with Gasteiger partial charge in [0.25, 0.3) is 5.91 Å². The summed E-state index contributed by atoms with van der Waals surface area (Å²) in [6.07, 6.45) is -1.13. The summed E-state index contributed by atoms with van der Waals surface area (Å²) in [4.78, 5) is 34.2. The van der Waals surface area contributed by atoms with Gasteiger partial charge in [0.15, 0.2) is 0 Å². The quantitative estimate of drug-likeness (QED) is 0.764. The van der Waals surface area contributed by atoms with Crippen LogP contribution in [0.25, 0.3) is 11.3 Å². The Hall–Kier alpha value is -2.94. The van der Waals surface area contributed by atoms with E-state index in [1.807, 2.05) is 4.90 Å². The molecule has 0 spiro atoms. The Morgan fingerprint density at radius 3 is 2.39 bits per heavy atom. The van der Waals surface area contributed by atoms with Crippen molar-refractivity contribution >= 4 is 11.8 Å². The number of aliphatic hydroxyl groups is 1. The van der Waals surface area contributed by atoms with E-state index in [-0.39, 0.29) is 46.6 Å². The van der Waals surface area contributed by atoms with Crippen molar-refractivity contribution in [1.29, 1.82) is 0 Å². The Morgan fingerprint density at radius 2 is 1.70 bits per heavy atom. The predicted molar refractivity (Wildman–Crippen MR) is 113 cm³/mol. The van der Waals surface area contributed by atoms with Gasteiger partial charge in [0.05, 0.1) is 35.0 Å². The van der Waals surface area contributed by atoms with Crippen molar-refractivity contribution in [1.82, 2.24) is 14.8 Å². The average molecular weight is 459 g/mol. The van der Waals surface area contributed by atoms with Crippen LogP contribution >= 0.6 is 0 Å². The van der Waals surface area contributed by atoms with Crippen LogP contribution in [-0.4, -0.2) is 63.0 Å². The minimum absolute atomic E-state index is 0.0492. The van der Waals surface area contributed by atoms with Gasteiger partial charge in [-0.3, -0.25) is 14.6 Å². The third kappa shape index (κ3) is 3.88. The van der Waals surface area contributed by atoms with Crippen molar-refractivity contribution in [3.05, 3.63) is 53.7 Å². The largest absolute Gasteiger partial charge is 0.416 e. The number of hydrogen-bond acceptors (Lipinski definition) is 4. The molecule has 2 aliphatic heterocycles. The van der Waals surface area contributed by atoms with Crippen LogP contribution in [0.5, 0.6) is 0 Å². The van der Waals surface area contributed by atoms with E-state index in [1.165, 1.54) is 18.3 Å². The second kappa shape index (κ2) is 8.13. The number of carbonyl (C=O) groups is 2. The van der Waals surface area contributed by atoms with Gasteiger partial charge < -0.3 is 14.9 Å². The molecule has 0 unspecified atom stereocenters. The number of pyridine rings is 1. The minimum atomic E-state index is -4.49. The highest BCUT2D eigenvalue weighted by Crippen LogP contribution is 2.38. The number of amides is 2. The highest BCUT2D eigenvalue weighted by atomic mass is 19.4. The smallest absolute Gasteiger partial charge is 0.393 e. The van der Waals surface area contributed by atoms with Gasteiger partial charge in [-0.1, -0.05) is 12.1 Å². The third-order valence-corrected chi connectivity index (χ3v) is 7.08. The van der Waals surface area contributed by atoms with E-state index in [9.17, 15) is 27.9 Å². The second-order valence-electron chi connectivity index (χ2n) is 9.04. The average Bonchev–Trinajstić information content (AvgIpc) is 3.38. The van der Waals surface area contributed by atoms with Crippen molar-refractivity contribution in [2.75, 3.05) is 13.1 Å². The molecule has 0 radical (unpaired) electrons. The lowest BCUT2D eigenvalue weighted by Crippen LogP contribution is -2.47. The van der Waals surface area contributed by atoms with Crippen molar-refractivity contribution < 1.29 is 27.9 Å². The lowest BCUT2D eigenvalue weighted by molar-refractivity contribution is -0.143. The maximum atomic E-state index is 13.5. The highest BCUT2D eigenvalue weighted by molar-refractivity contribution is 6.00. The monoisotopic (exact) mass is 459 g/mol. The summed E-state index contributed by atoms with van der Waals surface area (Å²) in [5.74, 6) is -0.376. The zero-order valence-corrected chi connectivity index (χ0v) is 17.8. The highest BCUT2D eigenvalue weighted by Gasteiger charge is 2.49. The fourth-order valence-electron chi connectivity index (χ4n) is 5.34. The van der Waals surface area contributed by atoms with Crippen molar-refractivity contribution in [2.24, 2.45) is 5.92 Å². The number of alkyl halides is 3. The number of carbonyl (C=O) groups excluding carboxylic acids is 2. The fraction of sp³-hybridized carbons (Fsp3) is 0.458. The number of fused-ring (bicyclic) bond motifs is 1. The van der Waals surface area contributed by atoms with Crippen LogP contribution in [0.2, 0.25) is 0 Å². The SMILES string of the molecule is O=C(c1cccnc1-c1cccc(C(F)(F)F)c1)N1CC[C@@H]2[C@H]1CCN2C(=O)C1CC(O)C1. The molecule has 3 fully saturated rings. The molecule has 1 aromatic heterocycles. The van der Waals surface area contributed by atoms with Gasteiger partial charge in [0.1, 0.15) is 0 Å². The van der Waals surface area contributed by atoms with E-state index < -0.39 is 17.8 Å². The first-order chi connectivity index (χ1) is 15.7. The molecule has 1 saturated carbocycles. The molecule has 174 valence electrons. The number of hydrogen-bond donors (Lipinski definition) is 1. The molecule has 33 heavy (non-hydrogen) atoms. The summed E-state index contributed by atoms with van der Waals surface area (Å²) in [5, 5.41) is 9.53. The lowest BCUT2D eigenvalue weighted by atomic mass is 9.81. The lowest BCUT2D eigenvalue weighted by Gasteiger charge is -2.35. The van der Waals surface area contributed by atoms with Crippen LogP contribution in [-0.2, 0) is 11.0 Å². The fourth-order valence-corrected chi connectivity index (χ4v) is 5.34. The Morgan fingerprint density at radius 1 is 1.00 bits per heavy atom. The molecule has 3 heterocycles. The molecular formula is C24H24F3N3O3. The predicted octanol–water partition coefficient (Wildman–Crippen LogP) is 3.35. The summed E-state index contributed by atoms with van der Waals surface area (Å²) >= 11 is 0. The number of likely N-dealkylation sites (tertiary alicyclic amines) is 2. The van der Waals surface area contributed by atoms with Crippen molar-refractivity contribution in [3.8, 4) is 11.3 Å². The molecule has 3 aliphatic rings. The Kier molecular flexibility index (Phi) is 5.39. The number of halogens is 3. The molecule has 9 heteroatoms. The normalized spacial score (nSPS) is 26.8. The molecule has 2 atom stereocenters. The number of aliphatic hydroxyl groups excluding tert-OH is 1. The Balaban J connectivity index is 1.38. The Labute approximate surface area is 189 Å². The number of aromatic nitrogens is 1. The summed E-state index contributed by atoms with van der Waals surface area (Å²) in [6, 6.07) is 7.83. The molecule has 2 saturated heterocycles. The van der Waals surface area contributed by atoms with E-state index in [4.69, 9.17) is 0 Å². The van der Waals surface area contributed by atoms with Gasteiger partial charge in [-0.2, -0.15) is 13.2 Å². The molecule has 1 aliphatic carbocycles. The van der Waals surface area contributed by atoms with E-state index in [0.29, 0.717) is 38.8 Å². The molecule has 2 aromatic rings. The van der Waals surface area contributed by atoms with Crippen LogP contribution in [0.3, 0.4) is 0 Å². The number of benzene rings is 1. The first-order valence-electron chi connectivity index (χ1n) is 11.2. The summed E-state index contributed by atoms with van der Waals surface area (Å²) < 4.78 is 39.6. The van der Waals surface area contributed by atoms with Gasteiger partial charge in [-0.05, 0) is 49.9 Å². The maximum Gasteiger partial charge on any atom is 0.416 e. The minimum Gasteiger partial charge on any atom is -0.393 e. The standard InChI is InChI=1S/C24H24F3N3O3/c25-24(26,27)16-4-1-3-14(11-16)21-18(5-2-8-28-21)23(33)30-10-7-19-20(30)6-9-29(19)22(32)15-12-17(31)13-15/h1-5,8,11,15,17,19-20,31H,6-7,9-10,12-13H2/t15?,17?,19-,20-/m1/s1. The summed E-state index contributed by atoms with van der Waals surface area (Å²) in [6.45, 7) is 1.04. The second-order valence-corrected chi connectivity index (χ2v) is 9.04. The summed E-state index contributed by atoms with van der Waals surface area (Å²) in [5.41, 5.74) is -0.0940.